The van der Waals surface area contributed by atoms with Gasteiger partial charge in [-0.15, -0.1) is 0 Å². The second kappa shape index (κ2) is 6.02. The van der Waals surface area contributed by atoms with Crippen LogP contribution in [0.1, 0.15) is 12.6 Å². The molecule has 0 bridgehead atoms. The number of pyridine rings is 1. The topological polar surface area (TPSA) is 19.4 Å². The third kappa shape index (κ3) is 3.24. The van der Waals surface area contributed by atoms with Gasteiger partial charge in [0.2, 0.25) is 0 Å². The van der Waals surface area contributed by atoms with Gasteiger partial charge in [-0.2, -0.15) is 0 Å². The summed E-state index contributed by atoms with van der Waals surface area (Å²) in [6.45, 7) is 4.22. The predicted molar refractivity (Wildman–Crippen MR) is 82.9 cm³/mol. The molecule has 0 saturated carbocycles. The van der Waals surface area contributed by atoms with Crippen LogP contribution < -0.4 is 4.90 Å². The van der Waals surface area contributed by atoms with Gasteiger partial charge in [0.15, 0.2) is 0 Å². The Morgan fingerprint density at radius 2 is 1.79 bits per heavy atom. The molecule has 0 aliphatic heterocycles. The van der Waals surface area contributed by atoms with Crippen molar-refractivity contribution in [2.45, 2.75) is 13.3 Å². The number of fused-ring (bicyclic) bond motifs is 1. The molecule has 0 amide bonds. The molecule has 3 heteroatoms. The number of rotatable bonds is 5. The molecule has 1 aromatic carbocycles. The van der Waals surface area contributed by atoms with E-state index in [9.17, 15) is 0 Å². The SMILES string of the molecule is CCc1cc(N(C)CCN(C)C)c2ccccc2n1. The molecule has 0 atom stereocenters. The molecule has 1 aromatic heterocycles. The lowest BCUT2D eigenvalue weighted by Gasteiger charge is -2.23. The van der Waals surface area contributed by atoms with Gasteiger partial charge in [0.25, 0.3) is 0 Å². The highest BCUT2D eigenvalue weighted by molar-refractivity contribution is 5.91. The summed E-state index contributed by atoms with van der Waals surface area (Å²) >= 11 is 0. The van der Waals surface area contributed by atoms with Crippen LogP contribution in [0.15, 0.2) is 30.3 Å². The lowest BCUT2D eigenvalue weighted by atomic mass is 10.1. The molecule has 0 aliphatic rings. The van der Waals surface area contributed by atoms with Gasteiger partial charge in [-0.3, -0.25) is 4.98 Å². The Labute approximate surface area is 115 Å². The summed E-state index contributed by atoms with van der Waals surface area (Å²) in [6, 6.07) is 10.6. The summed E-state index contributed by atoms with van der Waals surface area (Å²) < 4.78 is 0. The molecule has 0 aliphatic carbocycles. The number of para-hydroxylation sites is 1. The van der Waals surface area contributed by atoms with Crippen molar-refractivity contribution in [1.29, 1.82) is 0 Å². The highest BCUT2D eigenvalue weighted by atomic mass is 15.2. The van der Waals surface area contributed by atoms with Gasteiger partial charge in [0.1, 0.15) is 0 Å². The van der Waals surface area contributed by atoms with E-state index in [2.05, 4.69) is 68.2 Å². The summed E-state index contributed by atoms with van der Waals surface area (Å²) in [5.41, 5.74) is 3.53. The second-order valence-corrected chi connectivity index (χ2v) is 5.23. The molecule has 3 nitrogen and oxygen atoms in total. The van der Waals surface area contributed by atoms with Gasteiger partial charge >= 0.3 is 0 Å². The van der Waals surface area contributed by atoms with E-state index in [1.807, 2.05) is 0 Å². The normalized spacial score (nSPS) is 11.2. The van der Waals surface area contributed by atoms with Crippen molar-refractivity contribution in [2.75, 3.05) is 39.1 Å². The fourth-order valence-corrected chi connectivity index (χ4v) is 2.18. The molecule has 0 fully saturated rings. The van der Waals surface area contributed by atoms with E-state index < -0.39 is 0 Å². The fourth-order valence-electron chi connectivity index (χ4n) is 2.18. The molecule has 0 saturated heterocycles. The van der Waals surface area contributed by atoms with Gasteiger partial charge < -0.3 is 9.80 Å². The Kier molecular flexibility index (Phi) is 4.38. The minimum atomic E-state index is 0.972. The largest absolute Gasteiger partial charge is 0.373 e. The fraction of sp³-hybridized carbons (Fsp3) is 0.438. The van der Waals surface area contributed by atoms with E-state index in [1.165, 1.54) is 11.1 Å². The highest BCUT2D eigenvalue weighted by Gasteiger charge is 2.09. The maximum absolute atomic E-state index is 4.69. The van der Waals surface area contributed by atoms with Gasteiger partial charge in [-0.25, -0.2) is 0 Å². The zero-order chi connectivity index (χ0) is 13.8. The van der Waals surface area contributed by atoms with Crippen molar-refractivity contribution >= 4 is 16.6 Å². The van der Waals surface area contributed by atoms with Crippen LogP contribution in [0, 0.1) is 0 Å². The number of anilines is 1. The van der Waals surface area contributed by atoms with Gasteiger partial charge in [0, 0.05) is 36.9 Å². The van der Waals surface area contributed by atoms with E-state index in [0.29, 0.717) is 0 Å². The highest BCUT2D eigenvalue weighted by Crippen LogP contribution is 2.26. The maximum atomic E-state index is 4.69. The van der Waals surface area contributed by atoms with Crippen LogP contribution in [0.5, 0.6) is 0 Å². The van der Waals surface area contributed by atoms with Crippen molar-refractivity contribution in [1.82, 2.24) is 9.88 Å². The van der Waals surface area contributed by atoms with Crippen LogP contribution in [0.3, 0.4) is 0 Å². The average molecular weight is 257 g/mol. The third-order valence-corrected chi connectivity index (χ3v) is 3.40. The first kappa shape index (κ1) is 13.8. The minimum absolute atomic E-state index is 0.972. The first-order chi connectivity index (χ1) is 9.11. The van der Waals surface area contributed by atoms with Crippen LogP contribution in [0.4, 0.5) is 5.69 Å². The second-order valence-electron chi connectivity index (χ2n) is 5.23. The molecule has 0 unspecified atom stereocenters. The zero-order valence-electron chi connectivity index (χ0n) is 12.3. The molecule has 0 spiro atoms. The minimum Gasteiger partial charge on any atom is -0.373 e. The van der Waals surface area contributed by atoms with Crippen LogP contribution in [0.2, 0.25) is 0 Å². The summed E-state index contributed by atoms with van der Waals surface area (Å²) in [7, 11) is 6.37. The quantitative estimate of drug-likeness (QED) is 0.821. The Hall–Kier alpha value is -1.61. The molecule has 102 valence electrons. The molecular weight excluding hydrogens is 234 g/mol. The Balaban J connectivity index is 2.39. The van der Waals surface area contributed by atoms with Crippen molar-refractivity contribution in [3.63, 3.8) is 0 Å². The van der Waals surface area contributed by atoms with Crippen LogP contribution >= 0.6 is 0 Å². The first-order valence-electron chi connectivity index (χ1n) is 6.86. The van der Waals surface area contributed by atoms with E-state index in [0.717, 1.165) is 30.7 Å². The average Bonchev–Trinajstić information content (AvgIpc) is 2.43. The van der Waals surface area contributed by atoms with E-state index in [4.69, 9.17) is 4.98 Å². The summed E-state index contributed by atoms with van der Waals surface area (Å²) in [4.78, 5) is 9.23. The number of benzene rings is 1. The Morgan fingerprint density at radius 3 is 2.47 bits per heavy atom. The number of aryl methyl sites for hydroxylation is 1. The smallest absolute Gasteiger partial charge is 0.0726 e. The Bertz CT molecular complexity index is 549. The van der Waals surface area contributed by atoms with Crippen LogP contribution in [-0.4, -0.2) is 44.1 Å². The molecule has 19 heavy (non-hydrogen) atoms. The lowest BCUT2D eigenvalue weighted by molar-refractivity contribution is 0.416. The number of aromatic nitrogens is 1. The van der Waals surface area contributed by atoms with E-state index in [-0.39, 0.29) is 0 Å². The van der Waals surface area contributed by atoms with Crippen molar-refractivity contribution in [3.05, 3.63) is 36.0 Å². The maximum Gasteiger partial charge on any atom is 0.0726 e. The van der Waals surface area contributed by atoms with E-state index in [1.54, 1.807) is 0 Å². The summed E-state index contributed by atoms with van der Waals surface area (Å²) in [5, 5.41) is 1.24. The standard InChI is InChI=1S/C16H23N3/c1-5-13-12-16(19(4)11-10-18(2)3)14-8-6-7-9-15(14)17-13/h6-9,12H,5,10-11H2,1-4H3. The summed E-state index contributed by atoms with van der Waals surface area (Å²) in [6.07, 6.45) is 0.972. The Morgan fingerprint density at radius 1 is 1.05 bits per heavy atom. The zero-order valence-corrected chi connectivity index (χ0v) is 12.3. The summed E-state index contributed by atoms with van der Waals surface area (Å²) in [5.74, 6) is 0. The van der Waals surface area contributed by atoms with Crippen molar-refractivity contribution in [2.24, 2.45) is 0 Å². The van der Waals surface area contributed by atoms with E-state index >= 15 is 0 Å². The molecule has 1 heterocycles. The first-order valence-corrected chi connectivity index (χ1v) is 6.86. The lowest BCUT2D eigenvalue weighted by Crippen LogP contribution is -2.28. The van der Waals surface area contributed by atoms with Gasteiger partial charge in [-0.1, -0.05) is 25.1 Å². The van der Waals surface area contributed by atoms with Crippen LogP contribution in [-0.2, 0) is 6.42 Å². The molecule has 2 rings (SSSR count). The van der Waals surface area contributed by atoms with Crippen LogP contribution in [0.25, 0.3) is 10.9 Å². The molecule has 0 N–H and O–H groups in total. The molecule has 2 aromatic rings. The number of hydrogen-bond acceptors (Lipinski definition) is 3. The number of likely N-dealkylation sites (N-methyl/N-ethyl adjacent to an activating group) is 2. The van der Waals surface area contributed by atoms with Gasteiger partial charge in [-0.05, 0) is 32.6 Å². The number of hydrogen-bond donors (Lipinski definition) is 0. The predicted octanol–water partition coefficient (Wildman–Crippen LogP) is 2.80. The third-order valence-electron chi connectivity index (χ3n) is 3.40. The van der Waals surface area contributed by atoms with Crippen molar-refractivity contribution in [3.8, 4) is 0 Å². The van der Waals surface area contributed by atoms with Gasteiger partial charge in [0.05, 0.1) is 5.52 Å². The number of nitrogens with zero attached hydrogens (tertiary/aromatic N) is 3. The van der Waals surface area contributed by atoms with Crippen molar-refractivity contribution < 1.29 is 0 Å². The molecule has 0 radical (unpaired) electrons. The monoisotopic (exact) mass is 257 g/mol. The molecular formula is C16H23N3.